The number of halogens is 1. The van der Waals surface area contributed by atoms with Gasteiger partial charge in [-0.1, -0.05) is 0 Å². The monoisotopic (exact) mass is 354 g/mol. The SMILES string of the molecule is CC(C)(C)NCCN=C(N)N1CCCCC1.I. The molecule has 0 saturated carbocycles. The second kappa shape index (κ2) is 8.13. The van der Waals surface area contributed by atoms with Gasteiger partial charge >= 0.3 is 0 Å². The molecule has 1 saturated heterocycles. The Balaban J connectivity index is 0.00000256. The number of piperidine rings is 1. The fourth-order valence-electron chi connectivity index (χ4n) is 1.82. The van der Waals surface area contributed by atoms with Gasteiger partial charge in [-0.15, -0.1) is 24.0 Å². The van der Waals surface area contributed by atoms with E-state index in [1.54, 1.807) is 0 Å². The quantitative estimate of drug-likeness (QED) is 0.352. The first kappa shape index (κ1) is 17.0. The Kier molecular flexibility index (Phi) is 8.11. The van der Waals surface area contributed by atoms with Crippen LogP contribution < -0.4 is 11.1 Å². The number of nitrogens with two attached hydrogens (primary N) is 1. The summed E-state index contributed by atoms with van der Waals surface area (Å²) < 4.78 is 0. The number of guanidine groups is 1. The summed E-state index contributed by atoms with van der Waals surface area (Å²) in [5.41, 5.74) is 6.11. The van der Waals surface area contributed by atoms with Crippen LogP contribution in [0.3, 0.4) is 0 Å². The molecular formula is C12H27IN4. The summed E-state index contributed by atoms with van der Waals surface area (Å²) in [6, 6.07) is 0. The lowest BCUT2D eigenvalue weighted by atomic mass is 10.1. The predicted molar refractivity (Wildman–Crippen MR) is 85.1 cm³/mol. The maximum absolute atomic E-state index is 5.95. The third-order valence-corrected chi connectivity index (χ3v) is 2.72. The van der Waals surface area contributed by atoms with E-state index in [1.165, 1.54) is 19.3 Å². The van der Waals surface area contributed by atoms with E-state index in [4.69, 9.17) is 5.73 Å². The summed E-state index contributed by atoms with van der Waals surface area (Å²) >= 11 is 0. The van der Waals surface area contributed by atoms with Crippen LogP contribution in [-0.2, 0) is 0 Å². The van der Waals surface area contributed by atoms with E-state index >= 15 is 0 Å². The van der Waals surface area contributed by atoms with Gasteiger partial charge in [-0.05, 0) is 40.0 Å². The van der Waals surface area contributed by atoms with Crippen LogP contribution in [0.1, 0.15) is 40.0 Å². The number of hydrogen-bond acceptors (Lipinski definition) is 2. The topological polar surface area (TPSA) is 53.6 Å². The van der Waals surface area contributed by atoms with Gasteiger partial charge in [0.2, 0.25) is 0 Å². The molecule has 1 aliphatic heterocycles. The van der Waals surface area contributed by atoms with E-state index in [1.807, 2.05) is 0 Å². The Hall–Kier alpha value is -0.0400. The lowest BCUT2D eigenvalue weighted by Gasteiger charge is -2.27. The highest BCUT2D eigenvalue weighted by atomic mass is 127. The molecule has 4 nitrogen and oxygen atoms in total. The number of nitrogens with zero attached hydrogens (tertiary/aromatic N) is 2. The molecule has 0 radical (unpaired) electrons. The largest absolute Gasteiger partial charge is 0.370 e. The molecule has 0 aliphatic carbocycles. The van der Waals surface area contributed by atoms with Gasteiger partial charge in [-0.3, -0.25) is 4.99 Å². The molecular weight excluding hydrogens is 327 g/mol. The summed E-state index contributed by atoms with van der Waals surface area (Å²) in [5, 5.41) is 3.40. The van der Waals surface area contributed by atoms with Crippen molar-refractivity contribution in [2.75, 3.05) is 26.2 Å². The van der Waals surface area contributed by atoms with E-state index in [-0.39, 0.29) is 29.5 Å². The minimum atomic E-state index is 0. The van der Waals surface area contributed by atoms with Gasteiger partial charge in [0.25, 0.3) is 0 Å². The van der Waals surface area contributed by atoms with Crippen LogP contribution in [0.2, 0.25) is 0 Å². The lowest BCUT2D eigenvalue weighted by molar-refractivity contribution is 0.337. The third-order valence-electron chi connectivity index (χ3n) is 2.72. The fourth-order valence-corrected chi connectivity index (χ4v) is 1.82. The molecule has 0 aromatic heterocycles. The molecule has 0 unspecified atom stereocenters. The highest BCUT2D eigenvalue weighted by Gasteiger charge is 2.11. The third kappa shape index (κ3) is 7.81. The van der Waals surface area contributed by atoms with Crippen LogP contribution in [-0.4, -0.2) is 42.6 Å². The van der Waals surface area contributed by atoms with Gasteiger partial charge in [0.15, 0.2) is 5.96 Å². The maximum Gasteiger partial charge on any atom is 0.191 e. The Morgan fingerprint density at radius 2 is 1.82 bits per heavy atom. The Labute approximate surface area is 122 Å². The zero-order valence-corrected chi connectivity index (χ0v) is 13.7. The average Bonchev–Trinajstić information content (AvgIpc) is 2.24. The minimum Gasteiger partial charge on any atom is -0.370 e. The number of rotatable bonds is 3. The van der Waals surface area contributed by atoms with Crippen molar-refractivity contribution in [2.45, 2.75) is 45.6 Å². The molecule has 0 amide bonds. The zero-order valence-electron chi connectivity index (χ0n) is 11.3. The standard InChI is InChI=1S/C12H26N4.HI/c1-12(2,3)15-8-7-14-11(13)16-9-5-4-6-10-16;/h15H,4-10H2,1-3H3,(H2,13,14);1H. The molecule has 1 rings (SSSR count). The summed E-state index contributed by atoms with van der Waals surface area (Å²) in [4.78, 5) is 6.60. The van der Waals surface area contributed by atoms with Gasteiger partial charge in [0.1, 0.15) is 0 Å². The summed E-state index contributed by atoms with van der Waals surface area (Å²) in [5.74, 6) is 0.718. The molecule has 102 valence electrons. The summed E-state index contributed by atoms with van der Waals surface area (Å²) in [6.45, 7) is 10.3. The Bertz CT molecular complexity index is 229. The van der Waals surface area contributed by atoms with E-state index < -0.39 is 0 Å². The molecule has 1 heterocycles. The van der Waals surface area contributed by atoms with Crippen molar-refractivity contribution in [1.82, 2.24) is 10.2 Å². The van der Waals surface area contributed by atoms with E-state index in [2.05, 4.69) is 36.0 Å². The first-order valence-electron chi connectivity index (χ1n) is 6.29. The van der Waals surface area contributed by atoms with Crippen molar-refractivity contribution >= 4 is 29.9 Å². The van der Waals surface area contributed by atoms with Crippen molar-refractivity contribution in [3.63, 3.8) is 0 Å². The van der Waals surface area contributed by atoms with Crippen LogP contribution in [0.4, 0.5) is 0 Å². The second-order valence-electron chi connectivity index (χ2n) is 5.46. The molecule has 3 N–H and O–H groups in total. The molecule has 0 aromatic carbocycles. The second-order valence-corrected chi connectivity index (χ2v) is 5.46. The smallest absolute Gasteiger partial charge is 0.191 e. The van der Waals surface area contributed by atoms with Crippen molar-refractivity contribution in [3.05, 3.63) is 0 Å². The van der Waals surface area contributed by atoms with Gasteiger partial charge < -0.3 is 16.0 Å². The molecule has 5 heteroatoms. The zero-order chi connectivity index (χ0) is 12.0. The van der Waals surface area contributed by atoms with Crippen LogP contribution in [0.5, 0.6) is 0 Å². The maximum atomic E-state index is 5.95. The van der Waals surface area contributed by atoms with Crippen LogP contribution >= 0.6 is 24.0 Å². The van der Waals surface area contributed by atoms with Crippen molar-refractivity contribution in [3.8, 4) is 0 Å². The Morgan fingerprint density at radius 3 is 2.35 bits per heavy atom. The number of likely N-dealkylation sites (tertiary alicyclic amines) is 1. The predicted octanol–water partition coefficient (Wildman–Crippen LogP) is 1.79. The highest BCUT2D eigenvalue weighted by molar-refractivity contribution is 14.0. The summed E-state index contributed by atoms with van der Waals surface area (Å²) in [6.07, 6.45) is 3.82. The normalized spacial score (nSPS) is 17.8. The van der Waals surface area contributed by atoms with Gasteiger partial charge in [0.05, 0.1) is 6.54 Å². The molecule has 17 heavy (non-hydrogen) atoms. The van der Waals surface area contributed by atoms with Crippen LogP contribution in [0.25, 0.3) is 0 Å². The number of hydrogen-bond donors (Lipinski definition) is 2. The van der Waals surface area contributed by atoms with E-state index in [0.29, 0.717) is 0 Å². The Morgan fingerprint density at radius 1 is 1.24 bits per heavy atom. The van der Waals surface area contributed by atoms with Crippen molar-refractivity contribution in [1.29, 1.82) is 0 Å². The molecule has 0 atom stereocenters. The van der Waals surface area contributed by atoms with Crippen molar-refractivity contribution < 1.29 is 0 Å². The highest BCUT2D eigenvalue weighted by Crippen LogP contribution is 2.07. The molecule has 1 fully saturated rings. The minimum absolute atomic E-state index is 0. The molecule has 0 bridgehead atoms. The fraction of sp³-hybridized carbons (Fsp3) is 0.917. The van der Waals surface area contributed by atoms with Gasteiger partial charge in [-0.25, -0.2) is 0 Å². The van der Waals surface area contributed by atoms with Crippen molar-refractivity contribution in [2.24, 2.45) is 10.7 Å². The van der Waals surface area contributed by atoms with Crippen LogP contribution in [0, 0.1) is 0 Å². The number of aliphatic imine (C=N–C) groups is 1. The number of nitrogens with one attached hydrogen (secondary N) is 1. The van der Waals surface area contributed by atoms with E-state index in [0.717, 1.165) is 32.1 Å². The first-order valence-corrected chi connectivity index (χ1v) is 6.29. The van der Waals surface area contributed by atoms with Gasteiger partial charge in [-0.2, -0.15) is 0 Å². The van der Waals surface area contributed by atoms with Gasteiger partial charge in [0, 0.05) is 25.2 Å². The molecule has 0 spiro atoms. The molecule has 1 aliphatic rings. The average molecular weight is 354 g/mol. The van der Waals surface area contributed by atoms with Crippen LogP contribution in [0.15, 0.2) is 4.99 Å². The lowest BCUT2D eigenvalue weighted by Crippen LogP contribution is -2.42. The first-order chi connectivity index (χ1) is 7.49. The van der Waals surface area contributed by atoms with E-state index in [9.17, 15) is 0 Å². The molecule has 0 aromatic rings. The summed E-state index contributed by atoms with van der Waals surface area (Å²) in [7, 11) is 0.